The molecule has 2 N–H and O–H groups in total. The van der Waals surface area contributed by atoms with E-state index in [2.05, 4.69) is 17.0 Å². The molecule has 4 heteroatoms. The molecule has 0 aromatic heterocycles. The highest BCUT2D eigenvalue weighted by atomic mass is 32.2. The van der Waals surface area contributed by atoms with Crippen molar-refractivity contribution in [2.75, 3.05) is 24.6 Å². The van der Waals surface area contributed by atoms with Crippen molar-refractivity contribution in [3.8, 4) is 0 Å². The summed E-state index contributed by atoms with van der Waals surface area (Å²) < 4.78 is 0. The SMILES string of the molecule is Nc1ccc([C@@H]2CN3CCSC3=N2)cc1. The van der Waals surface area contributed by atoms with E-state index in [0.717, 1.165) is 18.8 Å². The Balaban J connectivity index is 1.85. The summed E-state index contributed by atoms with van der Waals surface area (Å²) in [6.45, 7) is 2.18. The van der Waals surface area contributed by atoms with Crippen LogP contribution in [0.2, 0.25) is 0 Å². The van der Waals surface area contributed by atoms with Crippen LogP contribution in [0.3, 0.4) is 0 Å². The second kappa shape index (κ2) is 3.45. The van der Waals surface area contributed by atoms with Gasteiger partial charge in [0.1, 0.15) is 0 Å². The molecule has 15 heavy (non-hydrogen) atoms. The van der Waals surface area contributed by atoms with E-state index in [1.807, 2.05) is 23.9 Å². The third-order valence-corrected chi connectivity index (χ3v) is 3.85. The zero-order valence-corrected chi connectivity index (χ0v) is 9.20. The third-order valence-electron chi connectivity index (χ3n) is 2.84. The van der Waals surface area contributed by atoms with Crippen molar-refractivity contribution in [2.45, 2.75) is 6.04 Å². The number of nitrogens with zero attached hydrogens (tertiary/aromatic N) is 2. The van der Waals surface area contributed by atoms with Gasteiger partial charge in [-0.05, 0) is 17.7 Å². The van der Waals surface area contributed by atoms with Gasteiger partial charge in [-0.1, -0.05) is 23.9 Å². The van der Waals surface area contributed by atoms with Crippen LogP contribution in [0.25, 0.3) is 0 Å². The molecule has 3 nitrogen and oxygen atoms in total. The maximum Gasteiger partial charge on any atom is 0.160 e. The zero-order chi connectivity index (χ0) is 10.3. The first-order valence-corrected chi connectivity index (χ1v) is 6.12. The number of hydrogen-bond acceptors (Lipinski definition) is 4. The molecule has 2 aliphatic rings. The molecule has 78 valence electrons. The lowest BCUT2D eigenvalue weighted by Gasteiger charge is -2.12. The first-order chi connectivity index (χ1) is 7.33. The number of hydrogen-bond donors (Lipinski definition) is 1. The second-order valence-corrected chi connectivity index (χ2v) is 4.95. The molecule has 2 aliphatic heterocycles. The fourth-order valence-electron chi connectivity index (χ4n) is 2.00. The third kappa shape index (κ3) is 1.59. The summed E-state index contributed by atoms with van der Waals surface area (Å²) in [5, 5.41) is 1.22. The highest BCUT2D eigenvalue weighted by Gasteiger charge is 2.29. The van der Waals surface area contributed by atoms with Gasteiger partial charge in [-0.2, -0.15) is 0 Å². The normalized spacial score (nSPS) is 24.1. The molecule has 0 radical (unpaired) electrons. The van der Waals surface area contributed by atoms with Gasteiger partial charge in [0.25, 0.3) is 0 Å². The van der Waals surface area contributed by atoms with Crippen molar-refractivity contribution in [3.63, 3.8) is 0 Å². The molecular weight excluding hydrogens is 206 g/mol. The molecule has 0 saturated carbocycles. The summed E-state index contributed by atoms with van der Waals surface area (Å²) in [5.74, 6) is 1.19. The van der Waals surface area contributed by atoms with Gasteiger partial charge >= 0.3 is 0 Å². The molecular formula is C11H13N3S. The molecule has 1 saturated heterocycles. The summed E-state index contributed by atoms with van der Waals surface area (Å²) in [5.41, 5.74) is 7.76. The highest BCUT2D eigenvalue weighted by molar-refractivity contribution is 8.14. The Morgan fingerprint density at radius 3 is 2.87 bits per heavy atom. The Kier molecular flexibility index (Phi) is 2.09. The number of benzene rings is 1. The Labute approximate surface area is 93.4 Å². The number of amidine groups is 1. The van der Waals surface area contributed by atoms with E-state index in [-0.39, 0.29) is 0 Å². The maximum atomic E-state index is 5.67. The molecule has 0 amide bonds. The van der Waals surface area contributed by atoms with Crippen molar-refractivity contribution >= 4 is 22.6 Å². The van der Waals surface area contributed by atoms with Crippen LogP contribution >= 0.6 is 11.8 Å². The Morgan fingerprint density at radius 1 is 1.33 bits per heavy atom. The predicted molar refractivity (Wildman–Crippen MR) is 65.1 cm³/mol. The van der Waals surface area contributed by atoms with E-state index in [1.165, 1.54) is 16.5 Å². The topological polar surface area (TPSA) is 41.6 Å². The van der Waals surface area contributed by atoms with Crippen molar-refractivity contribution in [1.82, 2.24) is 4.90 Å². The number of nitrogens with two attached hydrogens (primary N) is 1. The Morgan fingerprint density at radius 2 is 2.13 bits per heavy atom. The summed E-state index contributed by atoms with van der Waals surface area (Å²) in [7, 11) is 0. The van der Waals surface area contributed by atoms with E-state index < -0.39 is 0 Å². The van der Waals surface area contributed by atoms with E-state index in [0.29, 0.717) is 6.04 Å². The lowest BCUT2D eigenvalue weighted by atomic mass is 10.1. The molecule has 1 aromatic carbocycles. The summed E-state index contributed by atoms with van der Waals surface area (Å²) >= 11 is 1.87. The van der Waals surface area contributed by atoms with E-state index in [1.54, 1.807) is 0 Å². The standard InChI is InChI=1S/C11H13N3S/c12-9-3-1-8(2-4-9)10-7-14-5-6-15-11(14)13-10/h1-4,10H,5-7,12H2/t10-/m0/s1. The van der Waals surface area contributed by atoms with E-state index in [9.17, 15) is 0 Å². The van der Waals surface area contributed by atoms with Gasteiger partial charge < -0.3 is 10.6 Å². The van der Waals surface area contributed by atoms with Crippen molar-refractivity contribution in [1.29, 1.82) is 0 Å². The molecule has 0 spiro atoms. The van der Waals surface area contributed by atoms with Crippen LogP contribution < -0.4 is 5.73 Å². The van der Waals surface area contributed by atoms with Gasteiger partial charge in [0.2, 0.25) is 0 Å². The number of nitrogen functional groups attached to an aromatic ring is 1. The largest absolute Gasteiger partial charge is 0.399 e. The minimum absolute atomic E-state index is 0.313. The number of thioether (sulfide) groups is 1. The lowest BCUT2D eigenvalue weighted by molar-refractivity contribution is 0.464. The summed E-state index contributed by atoms with van der Waals surface area (Å²) in [6.07, 6.45) is 0. The molecule has 1 aromatic rings. The lowest BCUT2D eigenvalue weighted by Crippen LogP contribution is -2.21. The van der Waals surface area contributed by atoms with Gasteiger partial charge in [-0.15, -0.1) is 0 Å². The molecule has 1 fully saturated rings. The smallest absolute Gasteiger partial charge is 0.160 e. The molecule has 0 bridgehead atoms. The van der Waals surface area contributed by atoms with Gasteiger partial charge in [0, 0.05) is 24.5 Å². The first kappa shape index (κ1) is 9.09. The predicted octanol–water partition coefficient (Wildman–Crippen LogP) is 1.73. The minimum atomic E-state index is 0.313. The minimum Gasteiger partial charge on any atom is -0.399 e. The average Bonchev–Trinajstić information content (AvgIpc) is 2.78. The Hall–Kier alpha value is -1.16. The van der Waals surface area contributed by atoms with E-state index >= 15 is 0 Å². The highest BCUT2D eigenvalue weighted by Crippen LogP contribution is 2.32. The van der Waals surface area contributed by atoms with Gasteiger partial charge in [0.05, 0.1) is 6.04 Å². The fourth-order valence-corrected chi connectivity index (χ4v) is 3.05. The second-order valence-electron chi connectivity index (χ2n) is 3.89. The van der Waals surface area contributed by atoms with Gasteiger partial charge in [0.15, 0.2) is 5.17 Å². The van der Waals surface area contributed by atoms with Gasteiger partial charge in [-0.3, -0.25) is 4.99 Å². The van der Waals surface area contributed by atoms with Crippen LogP contribution in [0.15, 0.2) is 29.3 Å². The number of rotatable bonds is 1. The fraction of sp³-hybridized carbons (Fsp3) is 0.364. The van der Waals surface area contributed by atoms with Crippen LogP contribution in [0.1, 0.15) is 11.6 Å². The Bertz CT molecular complexity index is 399. The van der Waals surface area contributed by atoms with Crippen molar-refractivity contribution < 1.29 is 0 Å². The summed E-state index contributed by atoms with van der Waals surface area (Å²) in [4.78, 5) is 7.08. The molecule has 0 unspecified atom stereocenters. The number of anilines is 1. The number of aliphatic imine (C=N–C) groups is 1. The van der Waals surface area contributed by atoms with Crippen molar-refractivity contribution in [2.24, 2.45) is 4.99 Å². The average molecular weight is 219 g/mol. The van der Waals surface area contributed by atoms with Crippen LogP contribution in [0.5, 0.6) is 0 Å². The van der Waals surface area contributed by atoms with Crippen LogP contribution in [-0.2, 0) is 0 Å². The zero-order valence-electron chi connectivity index (χ0n) is 8.39. The van der Waals surface area contributed by atoms with E-state index in [4.69, 9.17) is 10.7 Å². The summed E-state index contributed by atoms with van der Waals surface area (Å²) in [6, 6.07) is 8.37. The molecule has 3 rings (SSSR count). The quantitative estimate of drug-likeness (QED) is 0.731. The van der Waals surface area contributed by atoms with Crippen LogP contribution in [0, 0.1) is 0 Å². The maximum absolute atomic E-state index is 5.67. The molecule has 2 heterocycles. The van der Waals surface area contributed by atoms with Gasteiger partial charge in [-0.25, -0.2) is 0 Å². The first-order valence-electron chi connectivity index (χ1n) is 5.14. The monoisotopic (exact) mass is 219 g/mol. The van der Waals surface area contributed by atoms with Crippen LogP contribution in [-0.4, -0.2) is 28.9 Å². The number of fused-ring (bicyclic) bond motifs is 1. The van der Waals surface area contributed by atoms with Crippen molar-refractivity contribution in [3.05, 3.63) is 29.8 Å². The molecule has 0 aliphatic carbocycles. The molecule has 1 atom stereocenters. The van der Waals surface area contributed by atoms with Crippen LogP contribution in [0.4, 0.5) is 5.69 Å².